The first-order valence-corrected chi connectivity index (χ1v) is 7.50. The molecule has 0 saturated carbocycles. The lowest BCUT2D eigenvalue weighted by atomic mass is 10.1. The molecule has 19 heavy (non-hydrogen) atoms. The van der Waals surface area contributed by atoms with Crippen molar-refractivity contribution in [3.8, 4) is 0 Å². The summed E-state index contributed by atoms with van der Waals surface area (Å²) in [5.41, 5.74) is 0.781. The topological polar surface area (TPSA) is 29.5 Å². The van der Waals surface area contributed by atoms with Crippen molar-refractivity contribution in [1.29, 1.82) is 0 Å². The van der Waals surface area contributed by atoms with Gasteiger partial charge in [-0.05, 0) is 26.0 Å². The molecule has 0 amide bonds. The van der Waals surface area contributed by atoms with Gasteiger partial charge in [0.2, 0.25) is 0 Å². The molecule has 1 fully saturated rings. The number of hydrogen-bond acceptors (Lipinski definition) is 3. The highest BCUT2D eigenvalue weighted by Crippen LogP contribution is 2.15. The Bertz CT molecular complexity index is 440. The van der Waals surface area contributed by atoms with Gasteiger partial charge in [-0.15, -0.1) is 0 Å². The van der Waals surface area contributed by atoms with Crippen molar-refractivity contribution in [2.45, 2.75) is 32.5 Å². The van der Waals surface area contributed by atoms with Gasteiger partial charge in [0.25, 0.3) is 0 Å². The first-order valence-electron chi connectivity index (χ1n) is 6.71. The van der Waals surface area contributed by atoms with Crippen LogP contribution in [-0.2, 0) is 4.74 Å². The Hall–Kier alpha value is -0.710. The van der Waals surface area contributed by atoms with Gasteiger partial charge in [-0.25, -0.2) is 0 Å². The maximum Gasteiger partial charge on any atom is 0.164 e. The summed E-state index contributed by atoms with van der Waals surface area (Å²) in [5.74, 6) is 0.202. The molecule has 0 N–H and O–H groups in total. The van der Waals surface area contributed by atoms with Crippen molar-refractivity contribution in [2.75, 3.05) is 19.6 Å². The Morgan fingerprint density at radius 2 is 2.05 bits per heavy atom. The number of halogens is 1. The Morgan fingerprint density at radius 3 is 2.68 bits per heavy atom. The van der Waals surface area contributed by atoms with Gasteiger partial charge in [-0.1, -0.05) is 28.1 Å². The number of rotatable bonds is 4. The van der Waals surface area contributed by atoms with Gasteiger partial charge >= 0.3 is 0 Å². The van der Waals surface area contributed by atoms with Gasteiger partial charge in [0, 0.05) is 36.1 Å². The summed E-state index contributed by atoms with van der Waals surface area (Å²) in [7, 11) is 0. The van der Waals surface area contributed by atoms with Gasteiger partial charge in [-0.2, -0.15) is 0 Å². The van der Waals surface area contributed by atoms with Crippen LogP contribution in [0.3, 0.4) is 0 Å². The largest absolute Gasteiger partial charge is 0.373 e. The lowest BCUT2D eigenvalue weighted by Gasteiger charge is -2.35. The van der Waals surface area contributed by atoms with E-state index in [0.29, 0.717) is 6.42 Å². The monoisotopic (exact) mass is 325 g/mol. The number of carbonyl (C=O) groups excluding carboxylic acids is 1. The molecule has 2 rings (SSSR count). The molecule has 1 aliphatic rings. The number of ketones is 1. The molecule has 1 heterocycles. The number of morpholine rings is 1. The zero-order valence-corrected chi connectivity index (χ0v) is 13.0. The molecule has 1 saturated heterocycles. The Kier molecular flexibility index (Phi) is 5.13. The SMILES string of the molecule is CC1CN(CCC(=O)c2cccc(Br)c2)CC(C)O1. The van der Waals surface area contributed by atoms with E-state index in [-0.39, 0.29) is 18.0 Å². The fraction of sp³-hybridized carbons (Fsp3) is 0.533. The zero-order chi connectivity index (χ0) is 13.8. The molecule has 1 aromatic carbocycles. The highest BCUT2D eigenvalue weighted by atomic mass is 79.9. The normalized spacial score (nSPS) is 24.4. The second-order valence-corrected chi connectivity index (χ2v) is 6.12. The molecule has 1 aliphatic heterocycles. The first-order chi connectivity index (χ1) is 9.04. The maximum atomic E-state index is 12.1. The minimum absolute atomic E-state index is 0.202. The van der Waals surface area contributed by atoms with Crippen molar-refractivity contribution in [3.63, 3.8) is 0 Å². The fourth-order valence-electron chi connectivity index (χ4n) is 2.53. The Labute approximate surface area is 123 Å². The van der Waals surface area contributed by atoms with Crippen LogP contribution in [0.1, 0.15) is 30.6 Å². The van der Waals surface area contributed by atoms with Gasteiger partial charge in [0.15, 0.2) is 5.78 Å². The van der Waals surface area contributed by atoms with Crippen LogP contribution < -0.4 is 0 Å². The molecule has 2 unspecified atom stereocenters. The summed E-state index contributed by atoms with van der Waals surface area (Å²) in [6.07, 6.45) is 1.07. The van der Waals surface area contributed by atoms with E-state index in [1.165, 1.54) is 0 Å². The molecule has 3 nitrogen and oxygen atoms in total. The van der Waals surface area contributed by atoms with Gasteiger partial charge in [0.05, 0.1) is 12.2 Å². The van der Waals surface area contributed by atoms with Gasteiger partial charge in [-0.3, -0.25) is 9.69 Å². The van der Waals surface area contributed by atoms with Crippen molar-refractivity contribution in [2.24, 2.45) is 0 Å². The lowest BCUT2D eigenvalue weighted by molar-refractivity contribution is -0.0675. The predicted molar refractivity (Wildman–Crippen MR) is 79.5 cm³/mol. The molecular weight excluding hydrogens is 306 g/mol. The van der Waals surface area contributed by atoms with E-state index in [2.05, 4.69) is 34.7 Å². The van der Waals surface area contributed by atoms with Crippen LogP contribution in [0.4, 0.5) is 0 Å². The van der Waals surface area contributed by atoms with Crippen LogP contribution in [0.2, 0.25) is 0 Å². The smallest absolute Gasteiger partial charge is 0.164 e. The second-order valence-electron chi connectivity index (χ2n) is 5.20. The Morgan fingerprint density at radius 1 is 1.37 bits per heavy atom. The third-order valence-electron chi connectivity index (χ3n) is 3.30. The zero-order valence-electron chi connectivity index (χ0n) is 11.4. The van der Waals surface area contributed by atoms with Crippen molar-refractivity contribution >= 4 is 21.7 Å². The van der Waals surface area contributed by atoms with E-state index in [4.69, 9.17) is 4.74 Å². The molecule has 104 valence electrons. The number of nitrogens with zero attached hydrogens (tertiary/aromatic N) is 1. The maximum absolute atomic E-state index is 12.1. The average molecular weight is 326 g/mol. The number of benzene rings is 1. The van der Waals surface area contributed by atoms with Crippen LogP contribution in [0, 0.1) is 0 Å². The van der Waals surface area contributed by atoms with Crippen molar-refractivity contribution in [1.82, 2.24) is 4.90 Å². The van der Waals surface area contributed by atoms with Crippen molar-refractivity contribution < 1.29 is 9.53 Å². The quantitative estimate of drug-likeness (QED) is 0.796. The highest BCUT2D eigenvalue weighted by molar-refractivity contribution is 9.10. The average Bonchev–Trinajstić information content (AvgIpc) is 2.35. The summed E-state index contributed by atoms with van der Waals surface area (Å²) in [6, 6.07) is 7.59. The van der Waals surface area contributed by atoms with Crippen LogP contribution in [-0.4, -0.2) is 42.5 Å². The van der Waals surface area contributed by atoms with E-state index in [0.717, 1.165) is 29.7 Å². The van der Waals surface area contributed by atoms with Crippen LogP contribution in [0.5, 0.6) is 0 Å². The van der Waals surface area contributed by atoms with E-state index in [9.17, 15) is 4.79 Å². The van der Waals surface area contributed by atoms with E-state index in [1.807, 2.05) is 24.3 Å². The molecule has 4 heteroatoms. The van der Waals surface area contributed by atoms with E-state index in [1.54, 1.807) is 0 Å². The Balaban J connectivity index is 1.86. The summed E-state index contributed by atoms with van der Waals surface area (Å²) in [4.78, 5) is 14.4. The van der Waals surface area contributed by atoms with Crippen LogP contribution in [0.15, 0.2) is 28.7 Å². The molecular formula is C15H20BrNO2. The number of hydrogen-bond donors (Lipinski definition) is 0. The minimum Gasteiger partial charge on any atom is -0.373 e. The predicted octanol–water partition coefficient (Wildman–Crippen LogP) is 3.13. The molecule has 1 aromatic rings. The summed E-state index contributed by atoms with van der Waals surface area (Å²) < 4.78 is 6.64. The summed E-state index contributed by atoms with van der Waals surface area (Å²) >= 11 is 3.39. The molecule has 0 aromatic heterocycles. The molecule has 0 aliphatic carbocycles. The summed E-state index contributed by atoms with van der Waals surface area (Å²) in [6.45, 7) is 6.80. The second kappa shape index (κ2) is 6.64. The first kappa shape index (κ1) is 14.7. The minimum atomic E-state index is 0.202. The van der Waals surface area contributed by atoms with Gasteiger partial charge in [0.1, 0.15) is 0 Å². The molecule has 0 bridgehead atoms. The summed E-state index contributed by atoms with van der Waals surface area (Å²) in [5, 5.41) is 0. The molecule has 2 atom stereocenters. The molecule has 0 spiro atoms. The van der Waals surface area contributed by atoms with E-state index < -0.39 is 0 Å². The highest BCUT2D eigenvalue weighted by Gasteiger charge is 2.22. The van der Waals surface area contributed by atoms with Gasteiger partial charge < -0.3 is 4.74 Å². The van der Waals surface area contributed by atoms with Crippen molar-refractivity contribution in [3.05, 3.63) is 34.3 Å². The van der Waals surface area contributed by atoms with Crippen LogP contribution in [0.25, 0.3) is 0 Å². The molecule has 0 radical (unpaired) electrons. The number of ether oxygens (including phenoxy) is 1. The standard InChI is InChI=1S/C15H20BrNO2/c1-11-9-17(10-12(2)19-11)7-6-15(18)13-4-3-5-14(16)8-13/h3-5,8,11-12H,6-7,9-10H2,1-2H3. The van der Waals surface area contributed by atoms with Crippen LogP contribution >= 0.6 is 15.9 Å². The number of carbonyl (C=O) groups is 1. The fourth-order valence-corrected chi connectivity index (χ4v) is 2.93. The third kappa shape index (κ3) is 4.41. The number of Topliss-reactive ketones (excluding diaryl/α,β-unsaturated/α-hetero) is 1. The third-order valence-corrected chi connectivity index (χ3v) is 3.79. The van der Waals surface area contributed by atoms with E-state index >= 15 is 0 Å². The lowest BCUT2D eigenvalue weighted by Crippen LogP contribution is -2.46.